The zero-order chi connectivity index (χ0) is 20.8. The van der Waals surface area contributed by atoms with Gasteiger partial charge in [-0.25, -0.2) is 9.97 Å². The van der Waals surface area contributed by atoms with Crippen LogP contribution in [0.4, 0.5) is 5.95 Å². The molecule has 1 saturated carbocycles. The molecule has 160 valence electrons. The monoisotopic (exact) mass is 408 g/mol. The standard InChI is InChI=1S/C24H32N4O2/c1-23(2,3)30-20-8-4-17(5-9-20)13-28-11-10-24(15-28)16-29-14-18-12-25-22(27-21(18)24)26-19-6-7-19/h4-5,8-9,12,19H,6-7,10-11,13-16H2,1-3H3,(H,25,26,27)/t24-/m0/s1. The third-order valence-corrected chi connectivity index (χ3v) is 6.10. The number of aromatic nitrogens is 2. The van der Waals surface area contributed by atoms with Gasteiger partial charge in [0.05, 0.1) is 24.3 Å². The number of hydrogen-bond acceptors (Lipinski definition) is 6. The summed E-state index contributed by atoms with van der Waals surface area (Å²) < 4.78 is 11.9. The molecular formula is C24H32N4O2. The SMILES string of the molecule is CC(C)(C)Oc1ccc(CN2CC[C@@]3(COCc4cnc(NC5CC5)nc43)C2)cc1. The summed E-state index contributed by atoms with van der Waals surface area (Å²) in [4.78, 5) is 12.0. The zero-order valence-electron chi connectivity index (χ0n) is 18.3. The first-order chi connectivity index (χ1) is 14.4. The van der Waals surface area contributed by atoms with Crippen molar-refractivity contribution in [3.63, 3.8) is 0 Å². The van der Waals surface area contributed by atoms with Crippen LogP contribution in [0.15, 0.2) is 30.5 Å². The molecule has 5 rings (SSSR count). The van der Waals surface area contributed by atoms with Gasteiger partial charge in [0.1, 0.15) is 11.4 Å². The Kier molecular flexibility index (Phi) is 4.94. The molecule has 1 atom stereocenters. The van der Waals surface area contributed by atoms with E-state index in [1.807, 2.05) is 6.20 Å². The number of anilines is 1. The summed E-state index contributed by atoms with van der Waals surface area (Å²) in [5.74, 6) is 1.71. The summed E-state index contributed by atoms with van der Waals surface area (Å²) in [6.45, 7) is 10.5. The van der Waals surface area contributed by atoms with E-state index in [0.29, 0.717) is 12.6 Å². The van der Waals surface area contributed by atoms with Gasteiger partial charge in [0.2, 0.25) is 5.95 Å². The Bertz CT molecular complexity index is 904. The maximum atomic E-state index is 5.98. The van der Waals surface area contributed by atoms with Gasteiger partial charge in [0.15, 0.2) is 0 Å². The van der Waals surface area contributed by atoms with Crippen molar-refractivity contribution in [2.45, 2.75) is 70.2 Å². The molecule has 2 aromatic rings. The van der Waals surface area contributed by atoms with Crippen molar-refractivity contribution in [3.05, 3.63) is 47.3 Å². The summed E-state index contributed by atoms with van der Waals surface area (Å²) in [7, 11) is 0. The lowest BCUT2D eigenvalue weighted by Gasteiger charge is -2.34. The normalized spacial score (nSPS) is 24.1. The van der Waals surface area contributed by atoms with E-state index >= 15 is 0 Å². The fourth-order valence-corrected chi connectivity index (χ4v) is 4.56. The highest BCUT2D eigenvalue weighted by Crippen LogP contribution is 2.40. The van der Waals surface area contributed by atoms with Gasteiger partial charge in [-0.05, 0) is 64.3 Å². The quantitative estimate of drug-likeness (QED) is 0.810. The van der Waals surface area contributed by atoms with Crippen LogP contribution in [-0.4, -0.2) is 46.2 Å². The number of ether oxygens (including phenoxy) is 2. The predicted octanol–water partition coefficient (Wildman–Crippen LogP) is 3.90. The maximum absolute atomic E-state index is 5.98. The molecule has 1 aromatic heterocycles. The van der Waals surface area contributed by atoms with Gasteiger partial charge in [-0.3, -0.25) is 4.90 Å². The van der Waals surface area contributed by atoms with E-state index in [1.165, 1.54) is 24.1 Å². The first-order valence-corrected chi connectivity index (χ1v) is 11.1. The molecule has 3 heterocycles. The van der Waals surface area contributed by atoms with Crippen molar-refractivity contribution in [3.8, 4) is 5.75 Å². The molecule has 6 nitrogen and oxygen atoms in total. The van der Waals surface area contributed by atoms with Crippen molar-refractivity contribution in [2.24, 2.45) is 0 Å². The number of likely N-dealkylation sites (tertiary alicyclic amines) is 1. The Balaban J connectivity index is 1.29. The van der Waals surface area contributed by atoms with E-state index in [2.05, 4.69) is 60.2 Å². The van der Waals surface area contributed by atoms with Crippen LogP contribution in [-0.2, 0) is 23.3 Å². The van der Waals surface area contributed by atoms with Crippen molar-refractivity contribution in [1.29, 1.82) is 0 Å². The van der Waals surface area contributed by atoms with E-state index in [-0.39, 0.29) is 11.0 Å². The molecule has 1 spiro atoms. The summed E-state index contributed by atoms with van der Waals surface area (Å²) in [6, 6.07) is 9.07. The Morgan fingerprint density at radius 2 is 2.03 bits per heavy atom. The number of nitrogens with zero attached hydrogens (tertiary/aromatic N) is 3. The number of nitrogens with one attached hydrogen (secondary N) is 1. The van der Waals surface area contributed by atoms with Gasteiger partial charge < -0.3 is 14.8 Å². The van der Waals surface area contributed by atoms with Crippen LogP contribution in [0.5, 0.6) is 5.75 Å². The average molecular weight is 409 g/mol. The third kappa shape index (κ3) is 4.30. The molecule has 0 radical (unpaired) electrons. The van der Waals surface area contributed by atoms with E-state index in [9.17, 15) is 0 Å². The van der Waals surface area contributed by atoms with Gasteiger partial charge in [0, 0.05) is 30.9 Å². The van der Waals surface area contributed by atoms with E-state index in [0.717, 1.165) is 49.9 Å². The minimum Gasteiger partial charge on any atom is -0.488 e. The zero-order valence-corrected chi connectivity index (χ0v) is 18.3. The van der Waals surface area contributed by atoms with Gasteiger partial charge >= 0.3 is 0 Å². The molecule has 1 N–H and O–H groups in total. The summed E-state index contributed by atoms with van der Waals surface area (Å²) in [5.41, 5.74) is 3.46. The van der Waals surface area contributed by atoms with E-state index in [1.54, 1.807) is 0 Å². The molecule has 2 aliphatic heterocycles. The van der Waals surface area contributed by atoms with E-state index in [4.69, 9.17) is 14.5 Å². The number of fused-ring (bicyclic) bond motifs is 2. The molecule has 0 unspecified atom stereocenters. The Morgan fingerprint density at radius 1 is 1.23 bits per heavy atom. The Labute approximate surface area is 179 Å². The predicted molar refractivity (Wildman–Crippen MR) is 117 cm³/mol. The molecule has 2 fully saturated rings. The highest BCUT2D eigenvalue weighted by atomic mass is 16.5. The summed E-state index contributed by atoms with van der Waals surface area (Å²) >= 11 is 0. The molecule has 1 aliphatic carbocycles. The highest BCUT2D eigenvalue weighted by molar-refractivity contribution is 5.38. The molecule has 6 heteroatoms. The second-order valence-electron chi connectivity index (χ2n) is 10.1. The lowest BCUT2D eigenvalue weighted by Crippen LogP contribution is -2.40. The topological polar surface area (TPSA) is 59.5 Å². The molecule has 3 aliphatic rings. The van der Waals surface area contributed by atoms with Crippen molar-refractivity contribution in [1.82, 2.24) is 14.9 Å². The smallest absolute Gasteiger partial charge is 0.223 e. The fraction of sp³-hybridized carbons (Fsp3) is 0.583. The van der Waals surface area contributed by atoms with Crippen molar-refractivity contribution in [2.75, 3.05) is 25.0 Å². The number of rotatable bonds is 5. The maximum Gasteiger partial charge on any atom is 0.223 e. The molecule has 1 saturated heterocycles. The van der Waals surface area contributed by atoms with E-state index < -0.39 is 0 Å². The second-order valence-corrected chi connectivity index (χ2v) is 10.1. The summed E-state index contributed by atoms with van der Waals surface area (Å²) in [5, 5.41) is 3.46. The first-order valence-electron chi connectivity index (χ1n) is 11.1. The van der Waals surface area contributed by atoms with Gasteiger partial charge in [-0.15, -0.1) is 0 Å². The van der Waals surface area contributed by atoms with Crippen molar-refractivity contribution >= 4 is 5.95 Å². The molecule has 0 bridgehead atoms. The van der Waals surface area contributed by atoms with Crippen LogP contribution >= 0.6 is 0 Å². The number of benzene rings is 1. The first kappa shape index (κ1) is 19.8. The minimum absolute atomic E-state index is 0.0220. The lowest BCUT2D eigenvalue weighted by atomic mass is 9.80. The third-order valence-electron chi connectivity index (χ3n) is 6.10. The molecule has 1 aromatic carbocycles. The molecule has 0 amide bonds. The minimum atomic E-state index is -0.174. The Hall–Kier alpha value is -2.18. The van der Waals surface area contributed by atoms with Crippen LogP contribution in [0.3, 0.4) is 0 Å². The highest BCUT2D eigenvalue weighted by Gasteiger charge is 2.45. The van der Waals surface area contributed by atoms with Crippen LogP contribution in [0.2, 0.25) is 0 Å². The van der Waals surface area contributed by atoms with Gasteiger partial charge in [0.25, 0.3) is 0 Å². The van der Waals surface area contributed by atoms with Crippen LogP contribution < -0.4 is 10.1 Å². The van der Waals surface area contributed by atoms with Crippen LogP contribution in [0.25, 0.3) is 0 Å². The van der Waals surface area contributed by atoms with Crippen LogP contribution in [0.1, 0.15) is 56.9 Å². The van der Waals surface area contributed by atoms with Crippen molar-refractivity contribution < 1.29 is 9.47 Å². The fourth-order valence-electron chi connectivity index (χ4n) is 4.56. The second kappa shape index (κ2) is 7.50. The average Bonchev–Trinajstić information content (AvgIpc) is 3.43. The molecular weight excluding hydrogens is 376 g/mol. The van der Waals surface area contributed by atoms with Gasteiger partial charge in [-0.1, -0.05) is 12.1 Å². The lowest BCUT2D eigenvalue weighted by molar-refractivity contribution is 0.0503. The van der Waals surface area contributed by atoms with Gasteiger partial charge in [-0.2, -0.15) is 0 Å². The summed E-state index contributed by atoms with van der Waals surface area (Å²) in [6.07, 6.45) is 5.49. The Morgan fingerprint density at radius 3 is 2.77 bits per heavy atom. The van der Waals surface area contributed by atoms with Crippen LogP contribution in [0, 0.1) is 0 Å². The largest absolute Gasteiger partial charge is 0.488 e. The number of hydrogen-bond donors (Lipinski definition) is 1. The molecule has 30 heavy (non-hydrogen) atoms.